The van der Waals surface area contributed by atoms with Gasteiger partial charge in [0.15, 0.2) is 0 Å². The monoisotopic (exact) mass is 495 g/mol. The predicted octanol–water partition coefficient (Wildman–Crippen LogP) is 4.11. The Balaban J connectivity index is 1.98. The number of amides is 3. The van der Waals surface area contributed by atoms with Crippen molar-refractivity contribution >= 4 is 23.6 Å². The molecule has 3 rings (SSSR count). The fourth-order valence-electron chi connectivity index (χ4n) is 4.26. The van der Waals surface area contributed by atoms with Crippen LogP contribution in [0.4, 0.5) is 10.5 Å². The quantitative estimate of drug-likeness (QED) is 0.511. The Kier molecular flexibility index (Phi) is 8.40. The lowest BCUT2D eigenvalue weighted by Crippen LogP contribution is -2.54. The van der Waals surface area contributed by atoms with Gasteiger partial charge < -0.3 is 25.4 Å². The molecule has 2 aromatic rings. The number of hydrogen-bond acceptors (Lipinski definition) is 5. The van der Waals surface area contributed by atoms with Gasteiger partial charge in [-0.2, -0.15) is 0 Å². The summed E-state index contributed by atoms with van der Waals surface area (Å²) < 4.78 is 5.28. The Hall–Kier alpha value is -3.39. The molecule has 2 aromatic carbocycles. The number of anilines is 1. The maximum Gasteiger partial charge on any atom is 0.408 e. The third kappa shape index (κ3) is 6.63. The first-order chi connectivity index (χ1) is 16.9. The van der Waals surface area contributed by atoms with E-state index in [4.69, 9.17) is 4.74 Å². The fourth-order valence-corrected chi connectivity index (χ4v) is 4.26. The van der Waals surface area contributed by atoms with Crippen LogP contribution < -0.4 is 10.6 Å². The number of aliphatic hydroxyl groups is 1. The van der Waals surface area contributed by atoms with Gasteiger partial charge in [0, 0.05) is 11.7 Å². The molecule has 0 radical (unpaired) electrons. The molecule has 194 valence electrons. The molecule has 1 fully saturated rings. The maximum atomic E-state index is 13.8. The molecule has 0 heterocycles. The summed E-state index contributed by atoms with van der Waals surface area (Å²) in [6, 6.07) is 12.4. The molecule has 4 atom stereocenters. The highest BCUT2D eigenvalue weighted by atomic mass is 16.6. The van der Waals surface area contributed by atoms with Crippen molar-refractivity contribution in [3.63, 3.8) is 0 Å². The lowest BCUT2D eigenvalue weighted by Gasteiger charge is -2.34. The van der Waals surface area contributed by atoms with Crippen molar-refractivity contribution < 1.29 is 24.2 Å². The average molecular weight is 496 g/mol. The van der Waals surface area contributed by atoms with E-state index in [9.17, 15) is 19.5 Å². The Bertz CT molecular complexity index is 1080. The van der Waals surface area contributed by atoms with Crippen LogP contribution in [0.2, 0.25) is 0 Å². The second kappa shape index (κ2) is 11.1. The number of aryl methyl sites for hydroxylation is 2. The molecule has 3 N–H and O–H groups in total. The zero-order chi connectivity index (χ0) is 26.6. The van der Waals surface area contributed by atoms with Crippen LogP contribution >= 0.6 is 0 Å². The first-order valence-electron chi connectivity index (χ1n) is 12.3. The van der Waals surface area contributed by atoms with Crippen LogP contribution in [0.1, 0.15) is 56.8 Å². The molecule has 0 aromatic heterocycles. The minimum atomic E-state index is -1.26. The highest BCUT2D eigenvalue weighted by Gasteiger charge is 2.48. The van der Waals surface area contributed by atoms with E-state index in [0.717, 1.165) is 17.5 Å². The Labute approximate surface area is 213 Å². The summed E-state index contributed by atoms with van der Waals surface area (Å²) in [5, 5.41) is 15.6. The molecule has 4 unspecified atom stereocenters. The molecule has 0 saturated heterocycles. The molecule has 1 aliphatic carbocycles. The molecule has 8 heteroatoms. The highest BCUT2D eigenvalue weighted by molar-refractivity contribution is 6.00. The van der Waals surface area contributed by atoms with Crippen molar-refractivity contribution in [1.29, 1.82) is 0 Å². The van der Waals surface area contributed by atoms with Crippen LogP contribution in [0, 0.1) is 19.8 Å². The van der Waals surface area contributed by atoms with Gasteiger partial charge in [0.1, 0.15) is 17.7 Å². The Morgan fingerprint density at radius 2 is 1.64 bits per heavy atom. The van der Waals surface area contributed by atoms with Gasteiger partial charge in [-0.05, 0) is 63.6 Å². The van der Waals surface area contributed by atoms with E-state index < -0.39 is 36.3 Å². The van der Waals surface area contributed by atoms with Crippen molar-refractivity contribution in [1.82, 2.24) is 10.2 Å². The van der Waals surface area contributed by atoms with E-state index in [1.54, 1.807) is 32.9 Å². The van der Waals surface area contributed by atoms with Crippen LogP contribution in [-0.2, 0) is 14.3 Å². The van der Waals surface area contributed by atoms with Gasteiger partial charge >= 0.3 is 6.09 Å². The van der Waals surface area contributed by atoms with Gasteiger partial charge in [0.2, 0.25) is 5.91 Å². The second-order valence-corrected chi connectivity index (χ2v) is 10.5. The molecule has 8 nitrogen and oxygen atoms in total. The van der Waals surface area contributed by atoms with Crippen LogP contribution in [0.5, 0.6) is 0 Å². The van der Waals surface area contributed by atoms with Gasteiger partial charge in [0.05, 0.1) is 6.61 Å². The number of hydrogen-bond donors (Lipinski definition) is 3. The van der Waals surface area contributed by atoms with E-state index >= 15 is 0 Å². The first kappa shape index (κ1) is 27.2. The number of carbonyl (C=O) groups excluding carboxylic acids is 3. The minimum Gasteiger partial charge on any atom is -0.444 e. The SMILES string of the molecule is Cc1cccc(C)c1NC(=O)C(c1ccccc1)N(C(=O)C(CO)NC(=O)OC(C)(C)C)C1CC1C. The number of aliphatic hydroxyl groups excluding tert-OH is 1. The standard InChI is InChI=1S/C28H37N3O5/c1-17-11-10-12-18(2)23(17)30-25(33)24(20-13-8-7-9-14-20)31(22-15-19(22)3)26(34)21(16-32)29-27(35)36-28(4,5)6/h7-14,19,21-22,24,32H,15-16H2,1-6H3,(H,29,35)(H,30,33). The molecule has 0 aliphatic heterocycles. The van der Waals surface area contributed by atoms with E-state index in [1.807, 2.05) is 57.2 Å². The summed E-state index contributed by atoms with van der Waals surface area (Å²) in [6.45, 7) is 10.3. The lowest BCUT2D eigenvalue weighted by atomic mass is 10.0. The summed E-state index contributed by atoms with van der Waals surface area (Å²) in [4.78, 5) is 41.6. The van der Waals surface area contributed by atoms with Gasteiger partial charge in [-0.15, -0.1) is 0 Å². The van der Waals surface area contributed by atoms with Gasteiger partial charge in [0.25, 0.3) is 5.91 Å². The second-order valence-electron chi connectivity index (χ2n) is 10.5. The number of nitrogens with zero attached hydrogens (tertiary/aromatic N) is 1. The average Bonchev–Trinajstić information content (AvgIpc) is 3.52. The number of ether oxygens (including phenoxy) is 1. The minimum absolute atomic E-state index is 0.175. The molecule has 3 amide bonds. The number of alkyl carbamates (subject to hydrolysis) is 1. The van der Waals surface area contributed by atoms with E-state index in [0.29, 0.717) is 11.3 Å². The van der Waals surface area contributed by atoms with E-state index in [-0.39, 0.29) is 17.9 Å². The maximum absolute atomic E-state index is 13.8. The molecular weight excluding hydrogens is 458 g/mol. The summed E-state index contributed by atoms with van der Waals surface area (Å²) in [6.07, 6.45) is -0.0917. The summed E-state index contributed by atoms with van der Waals surface area (Å²) in [7, 11) is 0. The Morgan fingerprint density at radius 1 is 1.06 bits per heavy atom. The summed E-state index contributed by atoms with van der Waals surface area (Å²) in [5.74, 6) is -0.725. The van der Waals surface area contributed by atoms with Crippen molar-refractivity contribution in [3.05, 3.63) is 65.2 Å². The Morgan fingerprint density at radius 3 is 2.14 bits per heavy atom. The zero-order valence-electron chi connectivity index (χ0n) is 21.9. The third-order valence-corrected chi connectivity index (χ3v) is 6.22. The fraction of sp³-hybridized carbons (Fsp3) is 0.464. The first-order valence-corrected chi connectivity index (χ1v) is 12.3. The number of benzene rings is 2. The van der Waals surface area contributed by atoms with Crippen molar-refractivity contribution in [2.75, 3.05) is 11.9 Å². The smallest absolute Gasteiger partial charge is 0.408 e. The van der Waals surface area contributed by atoms with Crippen molar-refractivity contribution in [2.45, 2.75) is 71.7 Å². The topological polar surface area (TPSA) is 108 Å². The van der Waals surface area contributed by atoms with Gasteiger partial charge in [-0.3, -0.25) is 9.59 Å². The lowest BCUT2D eigenvalue weighted by molar-refractivity contribution is -0.142. The van der Waals surface area contributed by atoms with E-state index in [2.05, 4.69) is 10.6 Å². The number of para-hydroxylation sites is 1. The van der Waals surface area contributed by atoms with Crippen molar-refractivity contribution in [2.24, 2.45) is 5.92 Å². The number of rotatable bonds is 8. The van der Waals surface area contributed by atoms with Crippen LogP contribution in [0.25, 0.3) is 0 Å². The molecule has 0 bridgehead atoms. The number of nitrogens with one attached hydrogen (secondary N) is 2. The molecule has 36 heavy (non-hydrogen) atoms. The third-order valence-electron chi connectivity index (χ3n) is 6.22. The van der Waals surface area contributed by atoms with Gasteiger partial charge in [-0.1, -0.05) is 55.5 Å². The number of carbonyl (C=O) groups is 3. The van der Waals surface area contributed by atoms with E-state index in [1.165, 1.54) is 4.90 Å². The normalized spacial score (nSPS) is 18.5. The van der Waals surface area contributed by atoms with Crippen LogP contribution in [-0.4, -0.2) is 52.2 Å². The largest absolute Gasteiger partial charge is 0.444 e. The highest BCUT2D eigenvalue weighted by Crippen LogP contribution is 2.41. The van der Waals surface area contributed by atoms with Gasteiger partial charge in [-0.25, -0.2) is 4.79 Å². The zero-order valence-corrected chi connectivity index (χ0v) is 21.9. The predicted molar refractivity (Wildman–Crippen MR) is 138 cm³/mol. The molecular formula is C28H37N3O5. The summed E-state index contributed by atoms with van der Waals surface area (Å²) >= 11 is 0. The molecule has 1 aliphatic rings. The van der Waals surface area contributed by atoms with Crippen LogP contribution in [0.15, 0.2) is 48.5 Å². The van der Waals surface area contributed by atoms with Crippen molar-refractivity contribution in [3.8, 4) is 0 Å². The molecule has 1 saturated carbocycles. The van der Waals surface area contributed by atoms with Crippen LogP contribution in [0.3, 0.4) is 0 Å². The summed E-state index contributed by atoms with van der Waals surface area (Å²) in [5.41, 5.74) is 2.39. The molecule has 0 spiro atoms.